The van der Waals surface area contributed by atoms with E-state index in [2.05, 4.69) is 4.98 Å². The van der Waals surface area contributed by atoms with Crippen molar-refractivity contribution in [3.8, 4) is 5.75 Å². The SMILES string of the molecule is COc1ccc(CN(Cc2cc3c(C)ccc(C)c3[nH]c2=O)S(=O)(=O)c2ccc(C(C)=O)cc2)cc1. The van der Waals surface area contributed by atoms with E-state index in [0.717, 1.165) is 27.6 Å². The third-order valence-corrected chi connectivity index (χ3v) is 8.09. The lowest BCUT2D eigenvalue weighted by Gasteiger charge is -2.23. The number of carbonyl (C=O) groups is 1. The fourth-order valence-corrected chi connectivity index (χ4v) is 5.50. The quantitative estimate of drug-likeness (QED) is 0.350. The highest BCUT2D eigenvalue weighted by Gasteiger charge is 2.26. The molecule has 0 saturated carbocycles. The first-order chi connectivity index (χ1) is 17.1. The molecule has 0 unspecified atom stereocenters. The van der Waals surface area contributed by atoms with Crippen molar-refractivity contribution >= 4 is 26.7 Å². The number of nitrogens with one attached hydrogen (secondary N) is 1. The fraction of sp³-hybridized carbons (Fsp3) is 0.214. The molecule has 3 aromatic carbocycles. The average molecular weight is 505 g/mol. The van der Waals surface area contributed by atoms with Crippen molar-refractivity contribution in [2.75, 3.05) is 7.11 Å². The summed E-state index contributed by atoms with van der Waals surface area (Å²) in [5, 5.41) is 0.872. The zero-order valence-corrected chi connectivity index (χ0v) is 21.5. The number of ether oxygens (including phenoxy) is 1. The van der Waals surface area contributed by atoms with Gasteiger partial charge in [0.2, 0.25) is 10.0 Å². The zero-order chi connectivity index (χ0) is 26.0. The van der Waals surface area contributed by atoms with Crippen LogP contribution in [0.5, 0.6) is 5.75 Å². The molecular formula is C28H28N2O5S. The third-order valence-electron chi connectivity index (χ3n) is 6.28. The van der Waals surface area contributed by atoms with E-state index in [4.69, 9.17) is 4.74 Å². The number of ketones is 1. The number of sulfonamides is 1. The molecule has 0 bridgehead atoms. The highest BCUT2D eigenvalue weighted by Crippen LogP contribution is 2.24. The maximum Gasteiger partial charge on any atom is 0.252 e. The molecule has 0 saturated heterocycles. The maximum atomic E-state index is 13.7. The van der Waals surface area contributed by atoms with E-state index in [-0.39, 0.29) is 29.3 Å². The number of rotatable bonds is 8. The Morgan fingerprint density at radius 3 is 2.17 bits per heavy atom. The van der Waals surface area contributed by atoms with Crippen LogP contribution in [0.2, 0.25) is 0 Å². The number of benzene rings is 3. The number of hydrogen-bond donors (Lipinski definition) is 1. The van der Waals surface area contributed by atoms with Crippen LogP contribution in [0.1, 0.15) is 39.5 Å². The number of pyridine rings is 1. The Hall–Kier alpha value is -3.75. The molecule has 0 aliphatic heterocycles. The molecule has 0 aliphatic rings. The molecule has 1 N–H and O–H groups in total. The van der Waals surface area contributed by atoms with Gasteiger partial charge >= 0.3 is 0 Å². The molecule has 186 valence electrons. The van der Waals surface area contributed by atoms with E-state index in [1.807, 2.05) is 26.0 Å². The summed E-state index contributed by atoms with van der Waals surface area (Å²) in [6.07, 6.45) is 0. The van der Waals surface area contributed by atoms with Gasteiger partial charge < -0.3 is 9.72 Å². The average Bonchev–Trinajstić information content (AvgIpc) is 2.87. The summed E-state index contributed by atoms with van der Waals surface area (Å²) in [6.45, 7) is 5.22. The van der Waals surface area contributed by atoms with Crippen LogP contribution >= 0.6 is 0 Å². The number of aromatic nitrogens is 1. The number of fused-ring (bicyclic) bond motifs is 1. The summed E-state index contributed by atoms with van der Waals surface area (Å²) in [4.78, 5) is 27.7. The fourth-order valence-electron chi connectivity index (χ4n) is 4.10. The summed E-state index contributed by atoms with van der Waals surface area (Å²) in [6, 6.07) is 18.6. The molecule has 1 aromatic heterocycles. The second-order valence-corrected chi connectivity index (χ2v) is 10.8. The first kappa shape index (κ1) is 25.3. The van der Waals surface area contributed by atoms with Gasteiger partial charge in [-0.15, -0.1) is 0 Å². The van der Waals surface area contributed by atoms with Crippen LogP contribution < -0.4 is 10.3 Å². The first-order valence-corrected chi connectivity index (χ1v) is 12.9. The third kappa shape index (κ3) is 5.10. The lowest BCUT2D eigenvalue weighted by atomic mass is 10.0. The topological polar surface area (TPSA) is 96.5 Å². The van der Waals surface area contributed by atoms with Gasteiger partial charge in [0.15, 0.2) is 5.78 Å². The van der Waals surface area contributed by atoms with Crippen LogP contribution in [-0.4, -0.2) is 30.6 Å². The Labute approximate surface area is 210 Å². The van der Waals surface area contributed by atoms with Crippen molar-refractivity contribution in [1.29, 1.82) is 0 Å². The number of nitrogens with zero attached hydrogens (tertiary/aromatic N) is 1. The van der Waals surface area contributed by atoms with Gasteiger partial charge in [-0.2, -0.15) is 4.31 Å². The van der Waals surface area contributed by atoms with Gasteiger partial charge in [-0.25, -0.2) is 8.42 Å². The van der Waals surface area contributed by atoms with Crippen molar-refractivity contribution in [3.63, 3.8) is 0 Å². The molecule has 0 atom stereocenters. The van der Waals surface area contributed by atoms with Crippen molar-refractivity contribution in [3.05, 3.63) is 105 Å². The molecule has 4 aromatic rings. The maximum absolute atomic E-state index is 13.7. The summed E-state index contributed by atoms with van der Waals surface area (Å²) in [7, 11) is -2.44. The minimum Gasteiger partial charge on any atom is -0.497 e. The van der Waals surface area contributed by atoms with Crippen LogP contribution in [0.3, 0.4) is 0 Å². The number of carbonyl (C=O) groups excluding carboxylic acids is 1. The first-order valence-electron chi connectivity index (χ1n) is 11.5. The molecule has 0 spiro atoms. The molecule has 0 radical (unpaired) electrons. The number of H-pyrrole nitrogens is 1. The van der Waals surface area contributed by atoms with E-state index >= 15 is 0 Å². The second kappa shape index (κ2) is 10.1. The lowest BCUT2D eigenvalue weighted by Crippen LogP contribution is -2.32. The van der Waals surface area contributed by atoms with Crippen molar-refractivity contribution in [1.82, 2.24) is 9.29 Å². The van der Waals surface area contributed by atoms with Crippen molar-refractivity contribution < 1.29 is 17.9 Å². The zero-order valence-electron chi connectivity index (χ0n) is 20.7. The Morgan fingerprint density at radius 2 is 1.56 bits per heavy atom. The Bertz CT molecular complexity index is 1590. The van der Waals surface area contributed by atoms with E-state index in [0.29, 0.717) is 16.9 Å². The molecule has 8 heteroatoms. The molecule has 0 amide bonds. The number of aryl methyl sites for hydroxylation is 2. The van der Waals surface area contributed by atoms with Crippen LogP contribution in [-0.2, 0) is 23.1 Å². The number of hydrogen-bond acceptors (Lipinski definition) is 5. The van der Waals surface area contributed by atoms with Crippen molar-refractivity contribution in [2.24, 2.45) is 0 Å². The van der Waals surface area contributed by atoms with Gasteiger partial charge in [0.05, 0.1) is 17.5 Å². The van der Waals surface area contributed by atoms with Crippen LogP contribution in [0.25, 0.3) is 10.9 Å². The Morgan fingerprint density at radius 1 is 0.917 bits per heavy atom. The van der Waals surface area contributed by atoms with Crippen LogP contribution in [0.15, 0.2) is 76.4 Å². The highest BCUT2D eigenvalue weighted by molar-refractivity contribution is 7.89. The minimum atomic E-state index is -4.01. The number of aromatic amines is 1. The largest absolute Gasteiger partial charge is 0.497 e. The van der Waals surface area contributed by atoms with Gasteiger partial charge in [-0.1, -0.05) is 36.4 Å². The molecule has 36 heavy (non-hydrogen) atoms. The van der Waals surface area contributed by atoms with Gasteiger partial charge in [0.25, 0.3) is 5.56 Å². The van der Waals surface area contributed by atoms with E-state index in [9.17, 15) is 18.0 Å². The Balaban J connectivity index is 1.79. The number of Topliss-reactive ketones (excluding diaryl/α,β-unsaturated/α-hetero) is 1. The van der Waals surface area contributed by atoms with Gasteiger partial charge in [0.1, 0.15) is 5.75 Å². The minimum absolute atomic E-state index is 0.0465. The van der Waals surface area contributed by atoms with Gasteiger partial charge in [-0.05, 0) is 67.8 Å². The standard InChI is InChI=1S/C28H28N2O5S/c1-18-5-6-19(2)27-26(18)15-23(28(32)29-27)17-30(16-21-7-11-24(35-4)12-8-21)36(33,34)25-13-9-22(10-14-25)20(3)31/h5-15H,16-17H2,1-4H3,(H,29,32). The normalized spacial score (nSPS) is 11.7. The molecule has 7 nitrogen and oxygen atoms in total. The number of methoxy groups -OCH3 is 1. The summed E-state index contributed by atoms with van der Waals surface area (Å²) >= 11 is 0. The predicted molar refractivity (Wildman–Crippen MR) is 140 cm³/mol. The van der Waals surface area contributed by atoms with E-state index in [1.54, 1.807) is 37.4 Å². The smallest absolute Gasteiger partial charge is 0.252 e. The summed E-state index contributed by atoms with van der Waals surface area (Å²) in [5.41, 5.74) is 3.83. The molecule has 0 fully saturated rings. The van der Waals surface area contributed by atoms with Gasteiger partial charge in [0, 0.05) is 29.6 Å². The van der Waals surface area contributed by atoms with Gasteiger partial charge in [-0.3, -0.25) is 9.59 Å². The van der Waals surface area contributed by atoms with Crippen molar-refractivity contribution in [2.45, 2.75) is 38.8 Å². The van der Waals surface area contributed by atoms with E-state index in [1.165, 1.54) is 35.5 Å². The second-order valence-electron chi connectivity index (χ2n) is 8.81. The molecular weight excluding hydrogens is 476 g/mol. The van der Waals surface area contributed by atoms with E-state index < -0.39 is 10.0 Å². The molecule has 0 aliphatic carbocycles. The Kier molecular flexibility index (Phi) is 7.10. The van der Waals surface area contributed by atoms with Crippen LogP contribution in [0, 0.1) is 13.8 Å². The predicted octanol–water partition coefficient (Wildman–Crippen LogP) is 4.75. The molecule has 4 rings (SSSR count). The monoisotopic (exact) mass is 504 g/mol. The highest BCUT2D eigenvalue weighted by atomic mass is 32.2. The van der Waals surface area contributed by atoms with Crippen LogP contribution in [0.4, 0.5) is 0 Å². The summed E-state index contributed by atoms with van der Waals surface area (Å²) < 4.78 is 34.0. The summed E-state index contributed by atoms with van der Waals surface area (Å²) in [5.74, 6) is 0.507. The molecule has 1 heterocycles. The lowest BCUT2D eigenvalue weighted by molar-refractivity contribution is 0.101.